The van der Waals surface area contributed by atoms with Gasteiger partial charge in [0.2, 0.25) is 11.8 Å². The molecule has 0 saturated heterocycles. The zero-order valence-corrected chi connectivity index (χ0v) is 14.2. The van der Waals surface area contributed by atoms with Crippen molar-refractivity contribution in [2.24, 2.45) is 5.92 Å². The van der Waals surface area contributed by atoms with Gasteiger partial charge in [0.15, 0.2) is 0 Å². The third kappa shape index (κ3) is 2.76. The van der Waals surface area contributed by atoms with Crippen LogP contribution in [0.3, 0.4) is 0 Å². The molecule has 0 N–H and O–H groups in total. The fraction of sp³-hybridized carbons (Fsp3) is 0.579. The van der Waals surface area contributed by atoms with Crippen LogP contribution in [-0.4, -0.2) is 36.4 Å². The van der Waals surface area contributed by atoms with Crippen LogP contribution in [-0.2, 0) is 16.1 Å². The van der Waals surface area contributed by atoms with Gasteiger partial charge < -0.3 is 14.5 Å². The molecule has 0 radical (unpaired) electrons. The lowest BCUT2D eigenvalue weighted by molar-refractivity contribution is -0.132. The van der Waals surface area contributed by atoms with E-state index in [1.54, 1.807) is 7.11 Å². The van der Waals surface area contributed by atoms with Crippen LogP contribution in [0.5, 0.6) is 5.75 Å². The lowest BCUT2D eigenvalue weighted by Crippen LogP contribution is -2.44. The average Bonchev–Trinajstić information content (AvgIpc) is 3.34. The second-order valence-electron chi connectivity index (χ2n) is 7.12. The Balaban J connectivity index is 1.70. The smallest absolute Gasteiger partial charge is 0.230 e. The largest absolute Gasteiger partial charge is 0.497 e. The van der Waals surface area contributed by atoms with Crippen molar-refractivity contribution in [2.45, 2.75) is 51.1 Å². The second kappa shape index (κ2) is 6.11. The van der Waals surface area contributed by atoms with Crippen LogP contribution in [0.1, 0.15) is 44.1 Å². The number of ether oxygens (including phenoxy) is 1. The number of rotatable bonds is 3. The van der Waals surface area contributed by atoms with Gasteiger partial charge in [0.05, 0.1) is 7.11 Å². The summed E-state index contributed by atoms with van der Waals surface area (Å²) in [6.45, 7) is 1.06. The quantitative estimate of drug-likeness (QED) is 0.857. The van der Waals surface area contributed by atoms with E-state index in [-0.39, 0.29) is 17.7 Å². The first-order valence-electron chi connectivity index (χ1n) is 8.95. The molecule has 128 valence electrons. The molecule has 5 nitrogen and oxygen atoms in total. The van der Waals surface area contributed by atoms with E-state index in [1.165, 1.54) is 0 Å². The molecule has 1 aromatic carbocycles. The van der Waals surface area contributed by atoms with Crippen LogP contribution in [0.4, 0.5) is 5.69 Å². The number of carbonyl (C=O) groups excluding carboxylic acids is 2. The number of anilines is 1. The third-order valence-corrected chi connectivity index (χ3v) is 5.50. The normalized spacial score (nSPS) is 21.6. The van der Waals surface area contributed by atoms with Gasteiger partial charge in [0.1, 0.15) is 5.75 Å². The molecule has 0 unspecified atom stereocenters. The molecule has 1 aliphatic heterocycles. The Morgan fingerprint density at radius 2 is 2.00 bits per heavy atom. The van der Waals surface area contributed by atoms with Crippen LogP contribution in [0.2, 0.25) is 0 Å². The summed E-state index contributed by atoms with van der Waals surface area (Å²) in [4.78, 5) is 29.3. The van der Waals surface area contributed by atoms with Crippen molar-refractivity contribution in [3.8, 4) is 5.75 Å². The van der Waals surface area contributed by atoms with Gasteiger partial charge >= 0.3 is 0 Å². The van der Waals surface area contributed by atoms with E-state index >= 15 is 0 Å². The zero-order valence-electron chi connectivity index (χ0n) is 14.2. The van der Waals surface area contributed by atoms with Gasteiger partial charge in [-0.1, -0.05) is 6.42 Å². The Labute approximate surface area is 142 Å². The molecule has 24 heavy (non-hydrogen) atoms. The van der Waals surface area contributed by atoms with E-state index in [1.807, 2.05) is 28.0 Å². The number of methoxy groups -OCH3 is 1. The number of amides is 2. The highest BCUT2D eigenvalue weighted by molar-refractivity contribution is 5.97. The lowest BCUT2D eigenvalue weighted by atomic mass is 9.84. The number of benzene rings is 1. The van der Waals surface area contributed by atoms with Gasteiger partial charge in [-0.15, -0.1) is 0 Å². The number of fused-ring (bicyclic) bond motifs is 1. The van der Waals surface area contributed by atoms with Gasteiger partial charge in [-0.3, -0.25) is 9.59 Å². The summed E-state index contributed by atoms with van der Waals surface area (Å²) in [6.07, 6.45) is 5.69. The van der Waals surface area contributed by atoms with Gasteiger partial charge in [0.25, 0.3) is 0 Å². The maximum atomic E-state index is 12.9. The highest BCUT2D eigenvalue weighted by atomic mass is 16.5. The number of hydrogen-bond donors (Lipinski definition) is 0. The Kier molecular flexibility index (Phi) is 3.94. The molecular weight excluding hydrogens is 304 g/mol. The summed E-state index contributed by atoms with van der Waals surface area (Å²) in [6, 6.07) is 6.24. The van der Waals surface area contributed by atoms with Crippen LogP contribution < -0.4 is 9.64 Å². The Morgan fingerprint density at radius 1 is 1.21 bits per heavy atom. The van der Waals surface area contributed by atoms with E-state index in [0.29, 0.717) is 25.6 Å². The SMILES string of the molecule is COc1ccc2c(c1)CN(C1CC1)C(=O)CCN2C(=O)C1CCC1. The predicted octanol–water partition coefficient (Wildman–Crippen LogP) is 2.72. The summed E-state index contributed by atoms with van der Waals surface area (Å²) in [5.74, 6) is 1.25. The van der Waals surface area contributed by atoms with Gasteiger partial charge in [0, 0.05) is 37.2 Å². The average molecular weight is 328 g/mol. The maximum Gasteiger partial charge on any atom is 0.230 e. The highest BCUT2D eigenvalue weighted by Gasteiger charge is 2.37. The highest BCUT2D eigenvalue weighted by Crippen LogP contribution is 2.37. The summed E-state index contributed by atoms with van der Waals surface area (Å²) in [7, 11) is 1.64. The van der Waals surface area contributed by atoms with E-state index < -0.39 is 0 Å². The molecule has 2 saturated carbocycles. The van der Waals surface area contributed by atoms with Crippen LogP contribution in [0, 0.1) is 5.92 Å². The molecule has 1 heterocycles. The van der Waals surface area contributed by atoms with Crippen LogP contribution in [0.25, 0.3) is 0 Å². The molecular formula is C19H24N2O3. The van der Waals surface area contributed by atoms with E-state index in [0.717, 1.165) is 49.1 Å². The van der Waals surface area contributed by atoms with Gasteiger partial charge in [-0.25, -0.2) is 0 Å². The second-order valence-corrected chi connectivity index (χ2v) is 7.12. The Bertz CT molecular complexity index is 665. The van der Waals surface area contributed by atoms with E-state index in [2.05, 4.69) is 0 Å². The summed E-state index contributed by atoms with van der Waals surface area (Å²) in [5.41, 5.74) is 1.97. The van der Waals surface area contributed by atoms with Crippen molar-refractivity contribution in [1.82, 2.24) is 4.90 Å². The molecule has 0 spiro atoms. The maximum absolute atomic E-state index is 12.9. The fourth-order valence-corrected chi connectivity index (χ4v) is 3.65. The summed E-state index contributed by atoms with van der Waals surface area (Å²) < 4.78 is 5.36. The first-order chi connectivity index (χ1) is 11.7. The minimum absolute atomic E-state index is 0.133. The van der Waals surface area contributed by atoms with Crippen molar-refractivity contribution in [2.75, 3.05) is 18.6 Å². The molecule has 5 heteroatoms. The Morgan fingerprint density at radius 3 is 2.62 bits per heavy atom. The molecule has 0 atom stereocenters. The predicted molar refractivity (Wildman–Crippen MR) is 90.9 cm³/mol. The fourth-order valence-electron chi connectivity index (χ4n) is 3.65. The van der Waals surface area contributed by atoms with Crippen LogP contribution in [0.15, 0.2) is 18.2 Å². The number of nitrogens with zero attached hydrogens (tertiary/aromatic N) is 2. The van der Waals surface area contributed by atoms with Crippen molar-refractivity contribution >= 4 is 17.5 Å². The van der Waals surface area contributed by atoms with E-state index in [4.69, 9.17) is 4.74 Å². The van der Waals surface area contributed by atoms with Crippen molar-refractivity contribution < 1.29 is 14.3 Å². The molecule has 2 fully saturated rings. The van der Waals surface area contributed by atoms with Gasteiger partial charge in [-0.2, -0.15) is 0 Å². The molecule has 1 aromatic rings. The summed E-state index contributed by atoms with van der Waals surface area (Å²) >= 11 is 0. The Hall–Kier alpha value is -2.04. The third-order valence-electron chi connectivity index (χ3n) is 5.50. The molecule has 4 rings (SSSR count). The molecule has 2 amide bonds. The zero-order chi connectivity index (χ0) is 16.7. The van der Waals surface area contributed by atoms with E-state index in [9.17, 15) is 9.59 Å². The minimum Gasteiger partial charge on any atom is -0.497 e. The molecule has 0 aromatic heterocycles. The lowest BCUT2D eigenvalue weighted by Gasteiger charge is -2.36. The number of carbonyl (C=O) groups is 2. The van der Waals surface area contributed by atoms with Crippen molar-refractivity contribution in [3.63, 3.8) is 0 Å². The number of hydrogen-bond acceptors (Lipinski definition) is 3. The minimum atomic E-state index is 0.133. The first-order valence-corrected chi connectivity index (χ1v) is 8.95. The van der Waals surface area contributed by atoms with Crippen molar-refractivity contribution in [3.05, 3.63) is 23.8 Å². The molecule has 0 bridgehead atoms. The van der Waals surface area contributed by atoms with Gasteiger partial charge in [-0.05, 0) is 49.4 Å². The van der Waals surface area contributed by atoms with Crippen molar-refractivity contribution in [1.29, 1.82) is 0 Å². The molecule has 3 aliphatic rings. The summed E-state index contributed by atoms with van der Waals surface area (Å²) in [5, 5.41) is 0. The molecule has 2 aliphatic carbocycles. The topological polar surface area (TPSA) is 49.9 Å². The van der Waals surface area contributed by atoms with Crippen LogP contribution >= 0.6 is 0 Å². The monoisotopic (exact) mass is 328 g/mol. The standard InChI is InChI=1S/C19H24N2O3/c1-24-16-7-8-17-14(11-16)12-21(15-5-6-15)18(22)9-10-20(17)19(23)13-3-2-4-13/h7-8,11,13,15H,2-6,9-10,12H2,1H3. The first kappa shape index (κ1) is 15.5.